The van der Waals surface area contributed by atoms with Crippen molar-refractivity contribution in [1.82, 2.24) is 5.43 Å². The van der Waals surface area contributed by atoms with Crippen LogP contribution in [0.4, 0.5) is 5.69 Å². The highest BCUT2D eigenvalue weighted by molar-refractivity contribution is 6.30. The van der Waals surface area contributed by atoms with Crippen molar-refractivity contribution in [3.8, 4) is 5.75 Å². The monoisotopic (exact) mass is 375 g/mol. The average Bonchev–Trinajstić information content (AvgIpc) is 2.61. The lowest BCUT2D eigenvalue weighted by molar-refractivity contribution is -0.384. The van der Waals surface area contributed by atoms with Gasteiger partial charge in [0.25, 0.3) is 11.6 Å². The molecule has 2 aromatic carbocycles. The van der Waals surface area contributed by atoms with Gasteiger partial charge in [-0.2, -0.15) is 5.10 Å². The predicted molar refractivity (Wildman–Crippen MR) is 99.7 cm³/mol. The van der Waals surface area contributed by atoms with Gasteiger partial charge in [-0.05, 0) is 44.5 Å². The quantitative estimate of drug-likeness (QED) is 0.471. The molecule has 1 amide bonds. The Morgan fingerprint density at radius 2 is 2.04 bits per heavy atom. The normalized spacial score (nSPS) is 12.4. The molecule has 0 aliphatic rings. The predicted octanol–water partition coefficient (Wildman–Crippen LogP) is 3.86. The number of nitro benzene ring substituents is 1. The minimum absolute atomic E-state index is 0.0432. The first kappa shape index (κ1) is 19.4. The standard InChI is InChI=1S/C18H18ClN3O4/c1-11-9-15(19)7-8-17(11)26-13(3)18(23)21-20-12(2)14-5-4-6-16(10-14)22(24)25/h4-10,13H,1-3H3,(H,21,23). The van der Waals surface area contributed by atoms with Crippen LogP contribution in [-0.2, 0) is 4.79 Å². The molecule has 0 aromatic heterocycles. The van der Waals surface area contributed by atoms with Gasteiger partial charge in [-0.1, -0.05) is 23.7 Å². The minimum Gasteiger partial charge on any atom is -0.481 e. The summed E-state index contributed by atoms with van der Waals surface area (Å²) in [7, 11) is 0. The number of aryl methyl sites for hydroxylation is 1. The van der Waals surface area contributed by atoms with Gasteiger partial charge in [-0.3, -0.25) is 14.9 Å². The molecule has 0 bridgehead atoms. The molecule has 26 heavy (non-hydrogen) atoms. The van der Waals surface area contributed by atoms with Crippen molar-refractivity contribution in [2.24, 2.45) is 5.10 Å². The van der Waals surface area contributed by atoms with E-state index in [1.807, 2.05) is 6.92 Å². The van der Waals surface area contributed by atoms with Gasteiger partial charge < -0.3 is 4.74 Å². The Labute approximate surface area is 155 Å². The first-order valence-electron chi connectivity index (χ1n) is 7.79. The van der Waals surface area contributed by atoms with Crippen molar-refractivity contribution in [3.63, 3.8) is 0 Å². The highest BCUT2D eigenvalue weighted by Gasteiger charge is 2.16. The number of carbonyl (C=O) groups is 1. The molecular weight excluding hydrogens is 358 g/mol. The third kappa shape index (κ3) is 5.03. The fourth-order valence-electron chi connectivity index (χ4n) is 2.13. The molecular formula is C18H18ClN3O4. The van der Waals surface area contributed by atoms with E-state index in [2.05, 4.69) is 10.5 Å². The number of rotatable bonds is 6. The summed E-state index contributed by atoms with van der Waals surface area (Å²) in [5.41, 5.74) is 4.16. The number of hydrogen-bond acceptors (Lipinski definition) is 5. The Hall–Kier alpha value is -2.93. The number of amides is 1. The van der Waals surface area contributed by atoms with E-state index >= 15 is 0 Å². The summed E-state index contributed by atoms with van der Waals surface area (Å²) in [5.74, 6) is 0.112. The maximum Gasteiger partial charge on any atom is 0.280 e. The summed E-state index contributed by atoms with van der Waals surface area (Å²) in [6, 6.07) is 11.1. The summed E-state index contributed by atoms with van der Waals surface area (Å²) in [6.07, 6.45) is -0.781. The highest BCUT2D eigenvalue weighted by atomic mass is 35.5. The van der Waals surface area contributed by atoms with Gasteiger partial charge in [0.05, 0.1) is 10.6 Å². The van der Waals surface area contributed by atoms with Crippen molar-refractivity contribution in [1.29, 1.82) is 0 Å². The molecule has 136 valence electrons. The summed E-state index contributed by atoms with van der Waals surface area (Å²) >= 11 is 5.89. The van der Waals surface area contributed by atoms with Crippen molar-refractivity contribution in [2.45, 2.75) is 26.9 Å². The zero-order valence-corrected chi connectivity index (χ0v) is 15.3. The van der Waals surface area contributed by atoms with Gasteiger partial charge in [0.2, 0.25) is 0 Å². The zero-order valence-electron chi connectivity index (χ0n) is 14.5. The van der Waals surface area contributed by atoms with Crippen molar-refractivity contribution in [3.05, 3.63) is 68.7 Å². The van der Waals surface area contributed by atoms with E-state index in [0.717, 1.165) is 5.56 Å². The maximum atomic E-state index is 12.2. The van der Waals surface area contributed by atoms with E-state index in [0.29, 0.717) is 22.0 Å². The zero-order chi connectivity index (χ0) is 19.3. The van der Waals surface area contributed by atoms with Gasteiger partial charge in [-0.25, -0.2) is 5.43 Å². The van der Waals surface area contributed by atoms with E-state index in [9.17, 15) is 14.9 Å². The van der Waals surface area contributed by atoms with E-state index < -0.39 is 16.9 Å². The Bertz CT molecular complexity index is 867. The number of nitrogens with zero attached hydrogens (tertiary/aromatic N) is 2. The van der Waals surface area contributed by atoms with E-state index in [-0.39, 0.29) is 5.69 Å². The van der Waals surface area contributed by atoms with Crippen molar-refractivity contribution in [2.75, 3.05) is 0 Å². The highest BCUT2D eigenvalue weighted by Crippen LogP contribution is 2.22. The molecule has 7 nitrogen and oxygen atoms in total. The fraction of sp³-hybridized carbons (Fsp3) is 0.222. The van der Waals surface area contributed by atoms with Crippen LogP contribution in [0.1, 0.15) is 25.0 Å². The van der Waals surface area contributed by atoms with Crippen LogP contribution in [0.15, 0.2) is 47.6 Å². The molecule has 8 heteroatoms. The van der Waals surface area contributed by atoms with Crippen LogP contribution < -0.4 is 10.2 Å². The SMILES string of the molecule is CC(=NNC(=O)C(C)Oc1ccc(Cl)cc1C)c1cccc([N+](=O)[O-])c1. The molecule has 0 saturated heterocycles. The Kier molecular flexibility index (Phi) is 6.30. The molecule has 0 fully saturated rings. The van der Waals surface area contributed by atoms with E-state index in [1.165, 1.54) is 12.1 Å². The van der Waals surface area contributed by atoms with Crippen molar-refractivity contribution < 1.29 is 14.5 Å². The number of hydrogen-bond donors (Lipinski definition) is 1. The molecule has 0 saturated carbocycles. The third-order valence-electron chi connectivity index (χ3n) is 3.62. The number of benzene rings is 2. The third-order valence-corrected chi connectivity index (χ3v) is 3.85. The molecule has 0 radical (unpaired) electrons. The van der Waals surface area contributed by atoms with E-state index in [1.54, 1.807) is 44.2 Å². The minimum atomic E-state index is -0.781. The Morgan fingerprint density at radius 3 is 2.69 bits per heavy atom. The molecule has 2 rings (SSSR count). The fourth-order valence-corrected chi connectivity index (χ4v) is 2.35. The van der Waals surface area contributed by atoms with Gasteiger partial charge >= 0.3 is 0 Å². The second kappa shape index (κ2) is 8.44. The van der Waals surface area contributed by atoms with Crippen LogP contribution in [-0.4, -0.2) is 22.6 Å². The largest absolute Gasteiger partial charge is 0.481 e. The van der Waals surface area contributed by atoms with Crippen LogP contribution in [0.2, 0.25) is 5.02 Å². The number of carbonyl (C=O) groups excluding carboxylic acids is 1. The lowest BCUT2D eigenvalue weighted by Crippen LogP contribution is -2.34. The second-order valence-electron chi connectivity index (χ2n) is 5.65. The first-order chi connectivity index (χ1) is 12.3. The molecule has 1 N–H and O–H groups in total. The number of hydrazone groups is 1. The number of halogens is 1. The summed E-state index contributed by atoms with van der Waals surface area (Å²) in [4.78, 5) is 22.5. The lowest BCUT2D eigenvalue weighted by Gasteiger charge is -2.15. The van der Waals surface area contributed by atoms with Crippen LogP contribution in [0, 0.1) is 17.0 Å². The number of nitro groups is 1. The van der Waals surface area contributed by atoms with Crippen LogP contribution in [0.25, 0.3) is 0 Å². The van der Waals surface area contributed by atoms with Gasteiger partial charge in [0.15, 0.2) is 6.10 Å². The van der Waals surface area contributed by atoms with Gasteiger partial charge in [0, 0.05) is 22.7 Å². The van der Waals surface area contributed by atoms with Crippen LogP contribution in [0.3, 0.4) is 0 Å². The van der Waals surface area contributed by atoms with Crippen LogP contribution >= 0.6 is 11.6 Å². The van der Waals surface area contributed by atoms with E-state index in [4.69, 9.17) is 16.3 Å². The maximum absolute atomic E-state index is 12.2. The molecule has 0 aliphatic carbocycles. The summed E-state index contributed by atoms with van der Waals surface area (Å²) in [6.45, 7) is 5.08. The molecule has 1 atom stereocenters. The van der Waals surface area contributed by atoms with Crippen molar-refractivity contribution >= 4 is 28.9 Å². The summed E-state index contributed by atoms with van der Waals surface area (Å²) < 4.78 is 5.62. The molecule has 1 unspecified atom stereocenters. The second-order valence-corrected chi connectivity index (χ2v) is 6.09. The van der Waals surface area contributed by atoms with Crippen LogP contribution in [0.5, 0.6) is 5.75 Å². The number of ether oxygens (including phenoxy) is 1. The molecule has 0 spiro atoms. The smallest absolute Gasteiger partial charge is 0.280 e. The van der Waals surface area contributed by atoms with Gasteiger partial charge in [0.1, 0.15) is 5.75 Å². The lowest BCUT2D eigenvalue weighted by atomic mass is 10.1. The molecule has 2 aromatic rings. The first-order valence-corrected chi connectivity index (χ1v) is 8.17. The average molecular weight is 376 g/mol. The number of nitrogens with one attached hydrogen (secondary N) is 1. The number of non-ortho nitro benzene ring substituents is 1. The van der Waals surface area contributed by atoms with Gasteiger partial charge in [-0.15, -0.1) is 0 Å². The molecule has 0 heterocycles. The molecule has 0 aliphatic heterocycles. The topological polar surface area (TPSA) is 93.8 Å². The summed E-state index contributed by atoms with van der Waals surface area (Å²) in [5, 5.41) is 15.4. The Balaban J connectivity index is 2.03. The Morgan fingerprint density at radius 1 is 1.31 bits per heavy atom.